The summed E-state index contributed by atoms with van der Waals surface area (Å²) in [5.41, 5.74) is 0.0163. The van der Waals surface area contributed by atoms with Crippen LogP contribution in [-0.4, -0.2) is 29.8 Å². The Morgan fingerprint density at radius 2 is 1.75 bits per heavy atom. The Labute approximate surface area is 168 Å². The van der Waals surface area contributed by atoms with Crippen molar-refractivity contribution >= 4 is 17.7 Å². The molecule has 0 bridgehead atoms. The summed E-state index contributed by atoms with van der Waals surface area (Å²) in [5, 5.41) is 2.92. The molecule has 0 aliphatic heterocycles. The van der Waals surface area contributed by atoms with Crippen molar-refractivity contribution in [3.8, 4) is 0 Å². The number of nitrogens with one attached hydrogen (secondary N) is 1. The summed E-state index contributed by atoms with van der Waals surface area (Å²) in [4.78, 5) is 36.1. The van der Waals surface area contributed by atoms with Gasteiger partial charge in [0, 0.05) is 19.3 Å². The number of esters is 1. The second kappa shape index (κ2) is 6.84. The van der Waals surface area contributed by atoms with Gasteiger partial charge in [-0.2, -0.15) is 0 Å². The van der Waals surface area contributed by atoms with Crippen LogP contribution in [0.2, 0.25) is 0 Å². The Balaban J connectivity index is 1.54. The molecule has 4 aliphatic carbocycles. The Morgan fingerprint density at radius 3 is 2.43 bits per heavy atom. The van der Waals surface area contributed by atoms with Crippen molar-refractivity contribution < 1.29 is 19.1 Å². The number of rotatable bonds is 2. The van der Waals surface area contributed by atoms with Crippen molar-refractivity contribution in [2.24, 2.45) is 34.5 Å². The van der Waals surface area contributed by atoms with E-state index in [2.05, 4.69) is 19.2 Å². The highest BCUT2D eigenvalue weighted by Crippen LogP contribution is 2.65. The highest BCUT2D eigenvalue weighted by molar-refractivity contribution is 5.95. The van der Waals surface area contributed by atoms with Gasteiger partial charge in [-0.15, -0.1) is 0 Å². The van der Waals surface area contributed by atoms with Crippen molar-refractivity contribution in [2.45, 2.75) is 91.2 Å². The van der Waals surface area contributed by atoms with Crippen molar-refractivity contribution in [3.63, 3.8) is 0 Å². The standard InChI is InChI=1S/C23H35NO4/c1-13(25)24-20-12-19-17-6-5-15-11-16(28-14(2)26)7-9-22(15,3)18(17)8-10-23(19,4)21(20)27/h15-20H,5-12H2,1-4H3,(H,24,25)/t15-,16-,17+,18-,19-,20+,22-,23-/m0/s1. The molecule has 0 spiro atoms. The van der Waals surface area contributed by atoms with Crippen LogP contribution < -0.4 is 5.32 Å². The fraction of sp³-hybridized carbons (Fsp3) is 0.870. The molecular weight excluding hydrogens is 354 g/mol. The number of amides is 1. The number of fused-ring (bicyclic) bond motifs is 5. The molecule has 4 fully saturated rings. The SMILES string of the molecule is CC(=O)N[C@@H]1C[C@H]2[C@@H]3CC[C@H]4C[C@@H](OC(C)=O)CC[C@]4(C)[C@H]3CC[C@]2(C)C1=O. The number of carbonyl (C=O) groups excluding carboxylic acids is 3. The van der Waals surface area contributed by atoms with Crippen molar-refractivity contribution in [1.82, 2.24) is 5.32 Å². The van der Waals surface area contributed by atoms with Crippen LogP contribution in [0, 0.1) is 34.5 Å². The van der Waals surface area contributed by atoms with Gasteiger partial charge in [-0.3, -0.25) is 14.4 Å². The Bertz CT molecular complexity index is 690. The molecule has 1 amide bonds. The summed E-state index contributed by atoms with van der Waals surface area (Å²) in [6.45, 7) is 7.64. The molecule has 0 aromatic heterocycles. The third-order valence-corrected chi connectivity index (χ3v) is 9.09. The lowest BCUT2D eigenvalue weighted by Gasteiger charge is -2.60. The van der Waals surface area contributed by atoms with Crippen LogP contribution in [0.3, 0.4) is 0 Å². The van der Waals surface area contributed by atoms with Crippen LogP contribution in [0.4, 0.5) is 0 Å². The van der Waals surface area contributed by atoms with Crippen molar-refractivity contribution in [1.29, 1.82) is 0 Å². The van der Waals surface area contributed by atoms with Gasteiger partial charge in [-0.1, -0.05) is 13.8 Å². The Hall–Kier alpha value is -1.39. The number of ether oxygens (including phenoxy) is 1. The molecule has 5 nitrogen and oxygen atoms in total. The van der Waals surface area contributed by atoms with Gasteiger partial charge >= 0.3 is 5.97 Å². The fourth-order valence-electron chi connectivity index (χ4n) is 7.75. The van der Waals surface area contributed by atoms with E-state index in [1.165, 1.54) is 20.3 Å². The number of Topliss-reactive ketones (excluding diaryl/α,β-unsaturated/α-hetero) is 1. The lowest BCUT2D eigenvalue weighted by atomic mass is 9.45. The van der Waals surface area contributed by atoms with Crippen LogP contribution in [0.1, 0.15) is 79.1 Å². The largest absolute Gasteiger partial charge is 0.463 e. The van der Waals surface area contributed by atoms with E-state index in [0.717, 1.165) is 44.9 Å². The van der Waals surface area contributed by atoms with Gasteiger partial charge in [-0.05, 0) is 80.5 Å². The van der Waals surface area contributed by atoms with Crippen LogP contribution in [0.25, 0.3) is 0 Å². The first-order valence-electron chi connectivity index (χ1n) is 11.1. The molecule has 4 rings (SSSR count). The number of hydrogen-bond acceptors (Lipinski definition) is 4. The third kappa shape index (κ3) is 3.00. The van der Waals surface area contributed by atoms with E-state index in [4.69, 9.17) is 4.74 Å². The number of hydrogen-bond donors (Lipinski definition) is 1. The van der Waals surface area contributed by atoms with E-state index in [0.29, 0.717) is 23.7 Å². The molecule has 28 heavy (non-hydrogen) atoms. The van der Waals surface area contributed by atoms with Crippen LogP contribution in [-0.2, 0) is 19.1 Å². The highest BCUT2D eigenvalue weighted by Gasteiger charge is 2.62. The first-order chi connectivity index (χ1) is 13.1. The van der Waals surface area contributed by atoms with Gasteiger partial charge in [0.1, 0.15) is 6.10 Å². The molecule has 5 heteroatoms. The minimum absolute atomic E-state index is 0.0817. The summed E-state index contributed by atoms with van der Waals surface area (Å²) in [7, 11) is 0. The zero-order chi connectivity index (χ0) is 20.3. The maximum Gasteiger partial charge on any atom is 0.302 e. The predicted octanol–water partition coefficient (Wildman–Crippen LogP) is 3.64. The molecule has 0 saturated heterocycles. The molecule has 4 aliphatic rings. The zero-order valence-corrected chi connectivity index (χ0v) is 17.8. The second-order valence-corrected chi connectivity index (χ2v) is 10.5. The van der Waals surface area contributed by atoms with Crippen molar-refractivity contribution in [2.75, 3.05) is 0 Å². The molecule has 8 atom stereocenters. The topological polar surface area (TPSA) is 72.5 Å². The molecule has 0 radical (unpaired) electrons. The van der Waals surface area contributed by atoms with Gasteiger partial charge < -0.3 is 10.1 Å². The highest BCUT2D eigenvalue weighted by atomic mass is 16.5. The van der Waals surface area contributed by atoms with Gasteiger partial charge in [0.2, 0.25) is 5.91 Å². The van der Waals surface area contributed by atoms with E-state index in [9.17, 15) is 14.4 Å². The summed E-state index contributed by atoms with van der Waals surface area (Å²) in [6, 6.07) is -0.295. The third-order valence-electron chi connectivity index (χ3n) is 9.09. The summed E-state index contributed by atoms with van der Waals surface area (Å²) < 4.78 is 5.55. The second-order valence-electron chi connectivity index (χ2n) is 10.5. The molecule has 0 aromatic carbocycles. The molecule has 0 aromatic rings. The lowest BCUT2D eigenvalue weighted by Crippen LogP contribution is -2.54. The fourth-order valence-corrected chi connectivity index (χ4v) is 7.75. The smallest absolute Gasteiger partial charge is 0.302 e. The molecule has 4 saturated carbocycles. The average molecular weight is 390 g/mol. The van der Waals surface area contributed by atoms with E-state index in [1.54, 1.807) is 0 Å². The number of ketones is 1. The van der Waals surface area contributed by atoms with E-state index < -0.39 is 0 Å². The summed E-state index contributed by atoms with van der Waals surface area (Å²) in [5.74, 6) is 2.22. The first-order valence-corrected chi connectivity index (χ1v) is 11.1. The molecule has 0 heterocycles. The average Bonchev–Trinajstić information content (AvgIpc) is 2.86. The van der Waals surface area contributed by atoms with E-state index >= 15 is 0 Å². The summed E-state index contributed by atoms with van der Waals surface area (Å²) in [6.07, 6.45) is 8.36. The van der Waals surface area contributed by atoms with Gasteiger partial charge in [0.25, 0.3) is 0 Å². The van der Waals surface area contributed by atoms with Crippen LogP contribution >= 0.6 is 0 Å². The van der Waals surface area contributed by atoms with Crippen LogP contribution in [0.5, 0.6) is 0 Å². The quantitative estimate of drug-likeness (QED) is 0.732. The maximum absolute atomic E-state index is 13.1. The monoisotopic (exact) mass is 389 g/mol. The molecule has 0 unspecified atom stereocenters. The molecular formula is C23H35NO4. The van der Waals surface area contributed by atoms with Crippen LogP contribution in [0.15, 0.2) is 0 Å². The van der Waals surface area contributed by atoms with Gasteiger partial charge in [0.05, 0.1) is 6.04 Å². The summed E-state index contributed by atoms with van der Waals surface area (Å²) >= 11 is 0. The van der Waals surface area contributed by atoms with Crippen molar-refractivity contribution in [3.05, 3.63) is 0 Å². The number of carbonyl (C=O) groups is 3. The van der Waals surface area contributed by atoms with Gasteiger partial charge in [0.15, 0.2) is 5.78 Å². The molecule has 1 N–H and O–H groups in total. The Kier molecular flexibility index (Phi) is 4.86. The van der Waals surface area contributed by atoms with E-state index in [-0.39, 0.29) is 40.6 Å². The maximum atomic E-state index is 13.1. The zero-order valence-electron chi connectivity index (χ0n) is 17.8. The van der Waals surface area contributed by atoms with Gasteiger partial charge in [-0.25, -0.2) is 0 Å². The predicted molar refractivity (Wildman–Crippen MR) is 105 cm³/mol. The Morgan fingerprint density at radius 1 is 1.00 bits per heavy atom. The van der Waals surface area contributed by atoms with E-state index in [1.807, 2.05) is 0 Å². The molecule has 156 valence electrons. The lowest BCUT2D eigenvalue weighted by molar-refractivity contribution is -0.160. The minimum atomic E-state index is -0.295. The minimum Gasteiger partial charge on any atom is -0.463 e. The first kappa shape index (κ1) is 19.9. The normalized spacial score (nSPS) is 47.5.